The van der Waals surface area contributed by atoms with Crippen LogP contribution in [0.1, 0.15) is 32.1 Å². The highest BCUT2D eigenvalue weighted by atomic mass is 16.2. The maximum Gasteiger partial charge on any atom is 0.233 e. The second kappa shape index (κ2) is 8.53. The van der Waals surface area contributed by atoms with E-state index in [1.165, 1.54) is 4.90 Å². The molecule has 3 fully saturated rings. The van der Waals surface area contributed by atoms with Gasteiger partial charge < -0.3 is 15.1 Å². The van der Waals surface area contributed by atoms with Crippen LogP contribution in [0.3, 0.4) is 0 Å². The molecule has 2 saturated heterocycles. The van der Waals surface area contributed by atoms with Crippen molar-refractivity contribution in [1.29, 1.82) is 0 Å². The van der Waals surface area contributed by atoms with Gasteiger partial charge in [-0.25, -0.2) is 0 Å². The fraction of sp³-hybridized carbons (Fsp3) is 0.591. The number of rotatable bonds is 5. The average molecular weight is 399 g/mol. The molecule has 29 heavy (non-hydrogen) atoms. The number of hydrogen-bond donors (Lipinski definition) is 1. The Labute approximate surface area is 172 Å². The number of carbonyl (C=O) groups excluding carboxylic acids is 3. The molecule has 1 N–H and O–H groups in total. The number of benzene rings is 1. The van der Waals surface area contributed by atoms with Crippen molar-refractivity contribution in [2.45, 2.75) is 32.1 Å². The smallest absolute Gasteiger partial charge is 0.233 e. The van der Waals surface area contributed by atoms with E-state index in [4.69, 9.17) is 0 Å². The third-order valence-electron chi connectivity index (χ3n) is 6.51. The molecule has 0 radical (unpaired) electrons. The van der Waals surface area contributed by atoms with E-state index in [0.717, 1.165) is 63.2 Å². The summed E-state index contributed by atoms with van der Waals surface area (Å²) in [6.45, 7) is 4.28. The van der Waals surface area contributed by atoms with Crippen molar-refractivity contribution < 1.29 is 14.4 Å². The number of hydrogen-bond acceptors (Lipinski definition) is 5. The Morgan fingerprint density at radius 3 is 2.14 bits per heavy atom. The Kier molecular flexibility index (Phi) is 5.85. The number of piperazine rings is 1. The van der Waals surface area contributed by atoms with Gasteiger partial charge in [0.15, 0.2) is 0 Å². The Bertz CT molecular complexity index is 747. The summed E-state index contributed by atoms with van der Waals surface area (Å²) in [4.78, 5) is 43.3. The van der Waals surface area contributed by atoms with E-state index in [1.807, 2.05) is 24.3 Å². The van der Waals surface area contributed by atoms with Crippen LogP contribution in [0.4, 0.5) is 11.4 Å². The first kappa shape index (κ1) is 19.9. The maximum absolute atomic E-state index is 12.5. The minimum atomic E-state index is -0.173. The molecule has 1 saturated carbocycles. The van der Waals surface area contributed by atoms with Gasteiger partial charge in [-0.15, -0.1) is 0 Å². The molecule has 1 aromatic rings. The highest BCUT2D eigenvalue weighted by molar-refractivity contribution is 6.05. The summed E-state index contributed by atoms with van der Waals surface area (Å²) in [5, 5.41) is 2.88. The van der Waals surface area contributed by atoms with Gasteiger partial charge in [-0.1, -0.05) is 12.8 Å². The third-order valence-corrected chi connectivity index (χ3v) is 6.51. The van der Waals surface area contributed by atoms with E-state index in [1.54, 1.807) is 0 Å². The van der Waals surface area contributed by atoms with Gasteiger partial charge in [0.2, 0.25) is 17.7 Å². The largest absolute Gasteiger partial charge is 0.369 e. The molecule has 7 nitrogen and oxygen atoms in total. The summed E-state index contributed by atoms with van der Waals surface area (Å²) in [5.41, 5.74) is 1.90. The minimum absolute atomic E-state index is 0.0796. The Morgan fingerprint density at radius 2 is 1.55 bits per heavy atom. The van der Waals surface area contributed by atoms with Gasteiger partial charge in [0, 0.05) is 50.5 Å². The summed E-state index contributed by atoms with van der Waals surface area (Å²) in [6.07, 6.45) is 3.77. The number of carbonyl (C=O) groups is 3. The van der Waals surface area contributed by atoms with Crippen molar-refractivity contribution in [3.05, 3.63) is 24.3 Å². The molecule has 2 atom stereocenters. The zero-order valence-corrected chi connectivity index (χ0v) is 17.1. The lowest BCUT2D eigenvalue weighted by Gasteiger charge is -2.34. The van der Waals surface area contributed by atoms with Crippen LogP contribution in [-0.2, 0) is 14.4 Å². The Hall–Kier alpha value is -2.41. The molecule has 4 rings (SSSR count). The molecule has 2 aliphatic heterocycles. The van der Waals surface area contributed by atoms with Crippen LogP contribution in [0.25, 0.3) is 0 Å². The number of likely N-dealkylation sites (N-methyl/N-ethyl adjacent to an activating group) is 1. The number of imide groups is 1. The van der Waals surface area contributed by atoms with E-state index in [-0.39, 0.29) is 42.5 Å². The normalized spacial score (nSPS) is 25.3. The summed E-state index contributed by atoms with van der Waals surface area (Å²) in [5.74, 6) is -0.635. The van der Waals surface area contributed by atoms with Crippen LogP contribution in [0.5, 0.6) is 0 Å². The second-order valence-electron chi connectivity index (χ2n) is 8.46. The van der Waals surface area contributed by atoms with Crippen molar-refractivity contribution in [1.82, 2.24) is 9.80 Å². The lowest BCUT2D eigenvalue weighted by Crippen LogP contribution is -2.44. The SMILES string of the molecule is CN1CCN(c2ccc(NC(=O)CCN3C(=O)[C@H]4CCCC[C@@H]4C3=O)cc2)CC1. The van der Waals surface area contributed by atoms with Gasteiger partial charge in [0.1, 0.15) is 0 Å². The molecule has 3 amide bonds. The molecule has 156 valence electrons. The number of amides is 3. The van der Waals surface area contributed by atoms with Crippen LogP contribution < -0.4 is 10.2 Å². The Morgan fingerprint density at radius 1 is 0.966 bits per heavy atom. The third kappa shape index (κ3) is 4.29. The summed E-state index contributed by atoms with van der Waals surface area (Å²) in [7, 11) is 2.13. The van der Waals surface area contributed by atoms with E-state index in [2.05, 4.69) is 22.2 Å². The molecule has 0 spiro atoms. The lowest BCUT2D eigenvalue weighted by molar-refractivity contribution is -0.140. The highest BCUT2D eigenvalue weighted by Crippen LogP contribution is 2.38. The van der Waals surface area contributed by atoms with Crippen molar-refractivity contribution in [2.24, 2.45) is 11.8 Å². The summed E-state index contributed by atoms with van der Waals surface area (Å²) < 4.78 is 0. The van der Waals surface area contributed by atoms with Crippen LogP contribution in [0, 0.1) is 11.8 Å². The lowest BCUT2D eigenvalue weighted by atomic mass is 9.81. The van der Waals surface area contributed by atoms with Gasteiger partial charge in [-0.2, -0.15) is 0 Å². The molecule has 1 aliphatic carbocycles. The average Bonchev–Trinajstić information content (AvgIpc) is 2.98. The summed E-state index contributed by atoms with van der Waals surface area (Å²) >= 11 is 0. The van der Waals surface area contributed by atoms with Gasteiger partial charge in [0.05, 0.1) is 11.8 Å². The molecule has 1 aromatic carbocycles. The number of fused-ring (bicyclic) bond motifs is 1. The first-order chi connectivity index (χ1) is 14.0. The van der Waals surface area contributed by atoms with Gasteiger partial charge in [0.25, 0.3) is 0 Å². The van der Waals surface area contributed by atoms with E-state index in [0.29, 0.717) is 0 Å². The predicted octanol–water partition coefficient (Wildman–Crippen LogP) is 1.94. The van der Waals surface area contributed by atoms with E-state index < -0.39 is 0 Å². The second-order valence-corrected chi connectivity index (χ2v) is 8.46. The van der Waals surface area contributed by atoms with Crippen molar-refractivity contribution >= 4 is 29.1 Å². The molecule has 0 bridgehead atoms. The van der Waals surface area contributed by atoms with Crippen LogP contribution in [-0.4, -0.2) is 67.3 Å². The molecular formula is C22H30N4O3. The number of nitrogens with one attached hydrogen (secondary N) is 1. The minimum Gasteiger partial charge on any atom is -0.369 e. The number of likely N-dealkylation sites (tertiary alicyclic amines) is 1. The maximum atomic E-state index is 12.5. The highest BCUT2D eigenvalue weighted by Gasteiger charge is 2.47. The van der Waals surface area contributed by atoms with Crippen LogP contribution in [0.2, 0.25) is 0 Å². The molecule has 7 heteroatoms. The standard InChI is InChI=1S/C22H30N4O3/c1-24-12-14-25(15-13-24)17-8-6-16(7-9-17)23-20(27)10-11-26-21(28)18-4-2-3-5-19(18)22(26)29/h6-9,18-19H,2-5,10-15H2,1H3,(H,23,27)/t18-,19-/m0/s1. The molecule has 2 heterocycles. The van der Waals surface area contributed by atoms with Crippen molar-refractivity contribution in [3.63, 3.8) is 0 Å². The summed E-state index contributed by atoms with van der Waals surface area (Å²) in [6, 6.07) is 7.87. The van der Waals surface area contributed by atoms with Gasteiger partial charge in [-0.05, 0) is 44.2 Å². The molecule has 0 unspecified atom stereocenters. The van der Waals surface area contributed by atoms with Gasteiger partial charge >= 0.3 is 0 Å². The molecule has 3 aliphatic rings. The zero-order chi connectivity index (χ0) is 20.4. The molecular weight excluding hydrogens is 368 g/mol. The zero-order valence-electron chi connectivity index (χ0n) is 17.1. The quantitative estimate of drug-likeness (QED) is 0.768. The van der Waals surface area contributed by atoms with Crippen LogP contribution >= 0.6 is 0 Å². The number of nitrogens with zero attached hydrogens (tertiary/aromatic N) is 3. The Balaban J connectivity index is 1.27. The fourth-order valence-electron chi connectivity index (χ4n) is 4.71. The van der Waals surface area contributed by atoms with Crippen molar-refractivity contribution in [3.8, 4) is 0 Å². The van der Waals surface area contributed by atoms with Crippen molar-refractivity contribution in [2.75, 3.05) is 50.0 Å². The first-order valence-electron chi connectivity index (χ1n) is 10.7. The van der Waals surface area contributed by atoms with Crippen LogP contribution in [0.15, 0.2) is 24.3 Å². The topological polar surface area (TPSA) is 73.0 Å². The monoisotopic (exact) mass is 398 g/mol. The number of anilines is 2. The predicted molar refractivity (Wildman–Crippen MR) is 112 cm³/mol. The van der Waals surface area contributed by atoms with E-state index in [9.17, 15) is 14.4 Å². The molecule has 0 aromatic heterocycles. The van der Waals surface area contributed by atoms with Gasteiger partial charge in [-0.3, -0.25) is 19.3 Å². The van der Waals surface area contributed by atoms with E-state index >= 15 is 0 Å². The fourth-order valence-corrected chi connectivity index (χ4v) is 4.71. The first-order valence-corrected chi connectivity index (χ1v) is 10.7.